The van der Waals surface area contributed by atoms with E-state index < -0.39 is 0 Å². The molecule has 0 aliphatic heterocycles. The molecule has 1 atom stereocenters. The molecule has 92 valence electrons. The van der Waals surface area contributed by atoms with Gasteiger partial charge in [-0.15, -0.1) is 0 Å². The zero-order valence-corrected chi connectivity index (χ0v) is 10.8. The fraction of sp³-hybridized carbons (Fsp3) is 0.667. The Labute approximate surface area is 102 Å². The third kappa shape index (κ3) is 5.01. The summed E-state index contributed by atoms with van der Waals surface area (Å²) in [5.74, 6) is 0.831. The van der Waals surface area contributed by atoms with E-state index in [-0.39, 0.29) is 11.5 Å². The number of rotatable bonds is 6. The standard InChI is InChI=1S/C12H20ClNO2/c1-9(15)6-12(2,3)8-14-7-10-4-5-11(13)16-10/h4-5,9,14-15H,6-8H2,1-3H3. The first-order chi connectivity index (χ1) is 7.39. The second-order valence-electron chi connectivity index (χ2n) is 5.03. The highest BCUT2D eigenvalue weighted by atomic mass is 35.5. The summed E-state index contributed by atoms with van der Waals surface area (Å²) in [7, 11) is 0. The van der Waals surface area contributed by atoms with Crippen molar-refractivity contribution in [2.45, 2.75) is 39.8 Å². The van der Waals surface area contributed by atoms with Crippen molar-refractivity contribution < 1.29 is 9.52 Å². The molecule has 16 heavy (non-hydrogen) atoms. The average molecular weight is 246 g/mol. The number of halogens is 1. The Balaban J connectivity index is 2.29. The quantitative estimate of drug-likeness (QED) is 0.810. The highest BCUT2D eigenvalue weighted by molar-refractivity contribution is 6.28. The van der Waals surface area contributed by atoms with Crippen LogP contribution >= 0.6 is 11.6 Å². The van der Waals surface area contributed by atoms with Crippen molar-refractivity contribution in [1.29, 1.82) is 0 Å². The van der Waals surface area contributed by atoms with Crippen molar-refractivity contribution in [3.63, 3.8) is 0 Å². The monoisotopic (exact) mass is 245 g/mol. The van der Waals surface area contributed by atoms with Gasteiger partial charge in [0.1, 0.15) is 5.76 Å². The summed E-state index contributed by atoms with van der Waals surface area (Å²) in [5.41, 5.74) is 0.0740. The number of aliphatic hydroxyl groups is 1. The zero-order valence-electron chi connectivity index (χ0n) is 10.1. The topological polar surface area (TPSA) is 45.4 Å². The fourth-order valence-electron chi connectivity index (χ4n) is 1.84. The molecule has 0 bridgehead atoms. The fourth-order valence-corrected chi connectivity index (χ4v) is 2.00. The van der Waals surface area contributed by atoms with Crippen molar-refractivity contribution >= 4 is 11.6 Å². The lowest BCUT2D eigenvalue weighted by atomic mass is 9.87. The van der Waals surface area contributed by atoms with Crippen molar-refractivity contribution in [1.82, 2.24) is 5.32 Å². The number of aliphatic hydroxyl groups excluding tert-OH is 1. The highest BCUT2D eigenvalue weighted by Crippen LogP contribution is 2.21. The first kappa shape index (κ1) is 13.6. The summed E-state index contributed by atoms with van der Waals surface area (Å²) in [4.78, 5) is 0. The molecule has 0 saturated heterocycles. The minimum atomic E-state index is -0.269. The average Bonchev–Trinajstić information content (AvgIpc) is 2.48. The van der Waals surface area contributed by atoms with Crippen LogP contribution in [0.1, 0.15) is 33.0 Å². The van der Waals surface area contributed by atoms with E-state index in [1.54, 1.807) is 6.07 Å². The molecule has 3 nitrogen and oxygen atoms in total. The Kier molecular flexibility index (Phi) is 4.84. The first-order valence-electron chi connectivity index (χ1n) is 5.52. The number of hydrogen-bond acceptors (Lipinski definition) is 3. The Morgan fingerprint density at radius 2 is 2.19 bits per heavy atom. The molecule has 1 aromatic rings. The number of hydrogen-bond donors (Lipinski definition) is 2. The Hall–Kier alpha value is -0.510. The lowest BCUT2D eigenvalue weighted by molar-refractivity contribution is 0.128. The molecule has 0 saturated carbocycles. The second kappa shape index (κ2) is 5.71. The van der Waals surface area contributed by atoms with Gasteiger partial charge < -0.3 is 14.8 Å². The lowest BCUT2D eigenvalue weighted by Gasteiger charge is -2.26. The molecule has 1 rings (SSSR count). The van der Waals surface area contributed by atoms with Gasteiger partial charge in [-0.05, 0) is 42.5 Å². The lowest BCUT2D eigenvalue weighted by Crippen LogP contribution is -2.31. The molecule has 0 spiro atoms. The molecule has 0 aliphatic rings. The number of nitrogens with one attached hydrogen (secondary N) is 1. The SMILES string of the molecule is CC(O)CC(C)(C)CNCc1ccc(Cl)o1. The van der Waals surface area contributed by atoms with Crippen LogP contribution in [0.15, 0.2) is 16.5 Å². The van der Waals surface area contributed by atoms with Gasteiger partial charge in [-0.25, -0.2) is 0 Å². The van der Waals surface area contributed by atoms with Gasteiger partial charge in [-0.2, -0.15) is 0 Å². The van der Waals surface area contributed by atoms with Gasteiger partial charge in [0.25, 0.3) is 0 Å². The maximum atomic E-state index is 9.34. The summed E-state index contributed by atoms with van der Waals surface area (Å²) in [6.45, 7) is 7.56. The van der Waals surface area contributed by atoms with E-state index in [4.69, 9.17) is 16.0 Å². The van der Waals surface area contributed by atoms with E-state index in [9.17, 15) is 5.11 Å². The van der Waals surface area contributed by atoms with Crippen LogP contribution in [0.25, 0.3) is 0 Å². The van der Waals surface area contributed by atoms with Crippen molar-refractivity contribution in [3.05, 3.63) is 23.1 Å². The molecular weight excluding hydrogens is 226 g/mol. The first-order valence-corrected chi connectivity index (χ1v) is 5.90. The van der Waals surface area contributed by atoms with Crippen LogP contribution in [-0.4, -0.2) is 17.8 Å². The molecule has 0 aromatic carbocycles. The van der Waals surface area contributed by atoms with Crippen LogP contribution in [0.5, 0.6) is 0 Å². The van der Waals surface area contributed by atoms with Crippen LogP contribution < -0.4 is 5.32 Å². The molecule has 4 heteroatoms. The molecule has 1 aromatic heterocycles. The van der Waals surface area contributed by atoms with Crippen LogP contribution in [0.2, 0.25) is 5.22 Å². The summed E-state index contributed by atoms with van der Waals surface area (Å²) < 4.78 is 5.23. The van der Waals surface area contributed by atoms with Gasteiger partial charge in [0.2, 0.25) is 0 Å². The number of furan rings is 1. The van der Waals surface area contributed by atoms with Gasteiger partial charge in [0.05, 0.1) is 12.6 Å². The molecule has 0 amide bonds. The molecule has 0 radical (unpaired) electrons. The van der Waals surface area contributed by atoms with Gasteiger partial charge in [-0.1, -0.05) is 13.8 Å². The van der Waals surface area contributed by atoms with Gasteiger partial charge in [-0.3, -0.25) is 0 Å². The molecular formula is C12H20ClNO2. The van der Waals surface area contributed by atoms with Crippen molar-refractivity contribution in [2.24, 2.45) is 5.41 Å². The highest BCUT2D eigenvalue weighted by Gasteiger charge is 2.19. The third-order valence-corrected chi connectivity index (χ3v) is 2.58. The van der Waals surface area contributed by atoms with E-state index in [0.717, 1.165) is 18.7 Å². The molecule has 2 N–H and O–H groups in total. The molecule has 1 unspecified atom stereocenters. The predicted molar refractivity (Wildman–Crippen MR) is 65.5 cm³/mol. The van der Waals surface area contributed by atoms with Crippen molar-refractivity contribution in [2.75, 3.05) is 6.54 Å². The molecule has 0 fully saturated rings. The Morgan fingerprint density at radius 1 is 1.50 bits per heavy atom. The zero-order chi connectivity index (χ0) is 12.2. The minimum absolute atomic E-state index is 0.0740. The summed E-state index contributed by atoms with van der Waals surface area (Å²) >= 11 is 5.67. The summed E-state index contributed by atoms with van der Waals surface area (Å²) in [5, 5.41) is 13.1. The molecule has 1 heterocycles. The van der Waals surface area contributed by atoms with E-state index in [1.807, 2.05) is 13.0 Å². The van der Waals surface area contributed by atoms with Crippen LogP contribution in [-0.2, 0) is 6.54 Å². The van der Waals surface area contributed by atoms with E-state index >= 15 is 0 Å². The minimum Gasteiger partial charge on any atom is -0.448 e. The second-order valence-corrected chi connectivity index (χ2v) is 5.40. The van der Waals surface area contributed by atoms with Crippen LogP contribution in [0.4, 0.5) is 0 Å². The Morgan fingerprint density at radius 3 is 2.69 bits per heavy atom. The maximum Gasteiger partial charge on any atom is 0.193 e. The molecule has 0 aliphatic carbocycles. The van der Waals surface area contributed by atoms with E-state index in [0.29, 0.717) is 11.8 Å². The van der Waals surface area contributed by atoms with Crippen LogP contribution in [0, 0.1) is 5.41 Å². The van der Waals surface area contributed by atoms with Crippen molar-refractivity contribution in [3.8, 4) is 0 Å². The summed E-state index contributed by atoms with van der Waals surface area (Å²) in [6, 6.07) is 3.59. The smallest absolute Gasteiger partial charge is 0.193 e. The van der Waals surface area contributed by atoms with Gasteiger partial charge in [0, 0.05) is 6.54 Å². The van der Waals surface area contributed by atoms with E-state index in [1.165, 1.54) is 0 Å². The van der Waals surface area contributed by atoms with Gasteiger partial charge in [0.15, 0.2) is 5.22 Å². The van der Waals surface area contributed by atoms with E-state index in [2.05, 4.69) is 19.2 Å². The third-order valence-electron chi connectivity index (χ3n) is 2.38. The normalized spacial score (nSPS) is 14.1. The predicted octanol–water partition coefficient (Wildman–Crippen LogP) is 2.82. The van der Waals surface area contributed by atoms with Gasteiger partial charge >= 0.3 is 0 Å². The Bertz CT molecular complexity index is 321. The maximum absolute atomic E-state index is 9.34. The summed E-state index contributed by atoms with van der Waals surface area (Å²) in [6.07, 6.45) is 0.508. The largest absolute Gasteiger partial charge is 0.448 e. The van der Waals surface area contributed by atoms with Crippen LogP contribution in [0.3, 0.4) is 0 Å².